The zero-order valence-corrected chi connectivity index (χ0v) is 15.3. The summed E-state index contributed by atoms with van der Waals surface area (Å²) in [5.74, 6) is -0.146. The normalized spacial score (nSPS) is 17.3. The van der Waals surface area contributed by atoms with Gasteiger partial charge >= 0.3 is 5.97 Å². The van der Waals surface area contributed by atoms with Crippen molar-refractivity contribution in [3.8, 4) is 0 Å². The minimum absolute atomic E-state index is 0.146. The van der Waals surface area contributed by atoms with Crippen molar-refractivity contribution in [3.63, 3.8) is 0 Å². The Morgan fingerprint density at radius 3 is 2.61 bits per heavy atom. The maximum Gasteiger partial charge on any atom is 0.328 e. The van der Waals surface area contributed by atoms with Gasteiger partial charge in [0.1, 0.15) is 6.04 Å². The Morgan fingerprint density at radius 1 is 1.30 bits per heavy atom. The van der Waals surface area contributed by atoms with E-state index in [1.807, 2.05) is 0 Å². The van der Waals surface area contributed by atoms with Crippen molar-refractivity contribution in [3.05, 3.63) is 35.4 Å². The first-order valence-corrected chi connectivity index (χ1v) is 8.49. The third kappa shape index (κ3) is 3.44. The molecule has 1 atom stereocenters. The van der Waals surface area contributed by atoms with Crippen LogP contribution in [0.4, 0.5) is 5.69 Å². The first-order valence-electron chi connectivity index (χ1n) is 8.49. The van der Waals surface area contributed by atoms with Gasteiger partial charge in [0.15, 0.2) is 0 Å². The van der Waals surface area contributed by atoms with Crippen molar-refractivity contribution >= 4 is 17.2 Å². The van der Waals surface area contributed by atoms with Crippen LogP contribution in [0.1, 0.15) is 58.1 Å². The lowest BCUT2D eigenvalue weighted by Gasteiger charge is -2.47. The number of allylic oxidation sites excluding steroid dienone is 1. The highest BCUT2D eigenvalue weighted by Crippen LogP contribution is 2.41. The fourth-order valence-electron chi connectivity index (χ4n) is 3.62. The minimum Gasteiger partial charge on any atom is -0.467 e. The molecule has 1 aliphatic heterocycles. The molecule has 0 spiro atoms. The van der Waals surface area contributed by atoms with Crippen LogP contribution < -0.4 is 4.90 Å². The number of fused-ring (bicyclic) bond motifs is 1. The number of carbonyl (C=O) groups is 1. The Balaban J connectivity index is 2.57. The van der Waals surface area contributed by atoms with Crippen molar-refractivity contribution in [2.24, 2.45) is 0 Å². The molecular formula is C20H29NO2. The van der Waals surface area contributed by atoms with Crippen LogP contribution >= 0.6 is 0 Å². The Bertz CT molecular complexity index is 616. The topological polar surface area (TPSA) is 29.5 Å². The smallest absolute Gasteiger partial charge is 0.328 e. The van der Waals surface area contributed by atoms with E-state index in [0.29, 0.717) is 0 Å². The Morgan fingerprint density at radius 2 is 2.00 bits per heavy atom. The molecule has 1 aromatic carbocycles. The number of hydrogen-bond donors (Lipinski definition) is 0. The summed E-state index contributed by atoms with van der Waals surface area (Å²) in [7, 11) is 1.48. The molecule has 0 aliphatic carbocycles. The number of aryl methyl sites for hydroxylation is 1. The summed E-state index contributed by atoms with van der Waals surface area (Å²) in [6.45, 7) is 10.7. The zero-order chi connectivity index (χ0) is 17.2. The summed E-state index contributed by atoms with van der Waals surface area (Å²) < 4.78 is 5.13. The van der Waals surface area contributed by atoms with Crippen LogP contribution in [0, 0.1) is 6.92 Å². The number of anilines is 1. The van der Waals surface area contributed by atoms with E-state index in [1.54, 1.807) is 0 Å². The van der Waals surface area contributed by atoms with E-state index in [9.17, 15) is 4.79 Å². The summed E-state index contributed by atoms with van der Waals surface area (Å²) in [6.07, 6.45) is 5.15. The van der Waals surface area contributed by atoms with Crippen LogP contribution in [0.15, 0.2) is 24.3 Å². The van der Waals surface area contributed by atoms with E-state index in [-0.39, 0.29) is 17.6 Å². The molecule has 1 aromatic rings. The van der Waals surface area contributed by atoms with Gasteiger partial charge in [-0.2, -0.15) is 0 Å². The standard InChI is InChI=1S/C20H29NO2/c1-7-8-9-17(19(22)23-6)21-18-12-14(2)10-11-16(18)15(3)13-20(21,4)5/h10-13,17H,7-9H2,1-6H3/t17-/m0/s1. The van der Waals surface area contributed by atoms with E-state index in [4.69, 9.17) is 4.74 Å². The molecule has 3 nitrogen and oxygen atoms in total. The molecule has 0 bridgehead atoms. The molecule has 0 saturated carbocycles. The van der Waals surface area contributed by atoms with Crippen LogP contribution in [-0.2, 0) is 9.53 Å². The molecule has 2 rings (SSSR count). The second-order valence-corrected chi connectivity index (χ2v) is 7.05. The number of ether oxygens (including phenoxy) is 1. The number of nitrogens with zero attached hydrogens (tertiary/aromatic N) is 1. The highest BCUT2D eigenvalue weighted by atomic mass is 16.5. The van der Waals surface area contributed by atoms with Gasteiger partial charge in [-0.3, -0.25) is 0 Å². The summed E-state index contributed by atoms with van der Waals surface area (Å²) in [5, 5.41) is 0. The molecule has 0 unspecified atom stereocenters. The number of rotatable bonds is 5. The molecule has 23 heavy (non-hydrogen) atoms. The van der Waals surface area contributed by atoms with Gasteiger partial charge in [-0.1, -0.05) is 38.0 Å². The molecule has 0 aromatic heterocycles. The lowest BCUT2D eigenvalue weighted by molar-refractivity contribution is -0.142. The lowest BCUT2D eigenvalue weighted by Crippen LogP contribution is -2.54. The number of unbranched alkanes of at least 4 members (excludes halogenated alkanes) is 1. The molecular weight excluding hydrogens is 286 g/mol. The third-order valence-corrected chi connectivity index (χ3v) is 4.64. The fraction of sp³-hybridized carbons (Fsp3) is 0.550. The Kier molecular flexibility index (Phi) is 5.18. The van der Waals surface area contributed by atoms with E-state index in [2.05, 4.69) is 63.8 Å². The number of esters is 1. The molecule has 0 N–H and O–H groups in total. The molecule has 1 heterocycles. The molecule has 0 amide bonds. The van der Waals surface area contributed by atoms with Crippen LogP contribution in [0.5, 0.6) is 0 Å². The SMILES string of the molecule is CCCC[C@@H](C(=O)OC)N1c2cc(C)ccc2C(C)=CC1(C)C. The monoisotopic (exact) mass is 315 g/mol. The number of benzene rings is 1. The summed E-state index contributed by atoms with van der Waals surface area (Å²) >= 11 is 0. The van der Waals surface area contributed by atoms with Crippen LogP contribution in [0.25, 0.3) is 5.57 Å². The first kappa shape index (κ1) is 17.6. The van der Waals surface area contributed by atoms with Crippen molar-refractivity contribution in [2.45, 2.75) is 65.5 Å². The second-order valence-electron chi connectivity index (χ2n) is 7.05. The maximum absolute atomic E-state index is 12.5. The van der Waals surface area contributed by atoms with Gasteiger partial charge in [0.25, 0.3) is 0 Å². The summed E-state index contributed by atoms with van der Waals surface area (Å²) in [4.78, 5) is 14.8. The predicted molar refractivity (Wildman–Crippen MR) is 96.7 cm³/mol. The third-order valence-electron chi connectivity index (χ3n) is 4.64. The van der Waals surface area contributed by atoms with Crippen LogP contribution in [0.2, 0.25) is 0 Å². The maximum atomic E-state index is 12.5. The zero-order valence-electron chi connectivity index (χ0n) is 15.3. The molecule has 3 heteroatoms. The van der Waals surface area contributed by atoms with Crippen molar-refractivity contribution in [1.82, 2.24) is 0 Å². The van der Waals surface area contributed by atoms with Gasteiger partial charge in [-0.05, 0) is 51.3 Å². The lowest BCUT2D eigenvalue weighted by atomic mass is 9.86. The number of carbonyl (C=O) groups excluding carboxylic acids is 1. The molecule has 1 aliphatic rings. The molecule has 0 radical (unpaired) electrons. The van der Waals surface area contributed by atoms with Gasteiger partial charge in [-0.15, -0.1) is 0 Å². The summed E-state index contributed by atoms with van der Waals surface area (Å²) in [6, 6.07) is 6.23. The second kappa shape index (κ2) is 6.77. The fourth-order valence-corrected chi connectivity index (χ4v) is 3.62. The quantitative estimate of drug-likeness (QED) is 0.736. The van der Waals surface area contributed by atoms with Gasteiger partial charge in [-0.25, -0.2) is 4.79 Å². The van der Waals surface area contributed by atoms with Crippen LogP contribution in [0.3, 0.4) is 0 Å². The van der Waals surface area contributed by atoms with E-state index in [0.717, 1.165) is 24.9 Å². The van der Waals surface area contributed by atoms with Gasteiger partial charge in [0, 0.05) is 11.3 Å². The largest absolute Gasteiger partial charge is 0.467 e. The average molecular weight is 315 g/mol. The average Bonchev–Trinajstić information content (AvgIpc) is 2.48. The minimum atomic E-state index is -0.250. The first-order chi connectivity index (χ1) is 10.8. The highest BCUT2D eigenvalue weighted by molar-refractivity contribution is 5.87. The van der Waals surface area contributed by atoms with E-state index in [1.165, 1.54) is 23.8 Å². The van der Waals surface area contributed by atoms with E-state index < -0.39 is 0 Å². The highest BCUT2D eigenvalue weighted by Gasteiger charge is 2.39. The number of methoxy groups -OCH3 is 1. The number of hydrogen-bond acceptors (Lipinski definition) is 3. The van der Waals surface area contributed by atoms with Gasteiger partial charge in [0.2, 0.25) is 0 Å². The summed E-state index contributed by atoms with van der Waals surface area (Å²) in [5.41, 5.74) is 4.60. The van der Waals surface area contributed by atoms with Crippen molar-refractivity contribution in [1.29, 1.82) is 0 Å². The van der Waals surface area contributed by atoms with Gasteiger partial charge < -0.3 is 9.64 Å². The molecule has 0 fully saturated rings. The van der Waals surface area contributed by atoms with Gasteiger partial charge in [0.05, 0.1) is 12.6 Å². The van der Waals surface area contributed by atoms with E-state index >= 15 is 0 Å². The predicted octanol–water partition coefficient (Wildman–Crippen LogP) is 4.73. The Labute approximate surface area is 140 Å². The Hall–Kier alpha value is -1.77. The van der Waals surface area contributed by atoms with Crippen molar-refractivity contribution < 1.29 is 9.53 Å². The molecule has 0 saturated heterocycles. The van der Waals surface area contributed by atoms with Crippen LogP contribution in [-0.4, -0.2) is 24.7 Å². The molecule has 126 valence electrons. The van der Waals surface area contributed by atoms with Crippen molar-refractivity contribution in [2.75, 3.05) is 12.0 Å².